The first kappa shape index (κ1) is 21.0. The van der Waals surface area contributed by atoms with E-state index in [0.717, 1.165) is 11.8 Å². The predicted octanol–water partition coefficient (Wildman–Crippen LogP) is 4.00. The van der Waals surface area contributed by atoms with Crippen molar-refractivity contribution in [2.24, 2.45) is 0 Å². The maximum Gasteiger partial charge on any atom is 0.258 e. The fourth-order valence-corrected chi connectivity index (χ4v) is 3.98. The maximum absolute atomic E-state index is 13.1. The number of aromatic hydroxyl groups is 1. The molecule has 0 saturated carbocycles. The lowest BCUT2D eigenvalue weighted by atomic mass is 10.0. The van der Waals surface area contributed by atoms with Crippen LogP contribution in [0.1, 0.15) is 23.2 Å². The normalized spacial score (nSPS) is 15.8. The van der Waals surface area contributed by atoms with E-state index in [1.165, 1.54) is 0 Å². The average Bonchev–Trinajstić information content (AvgIpc) is 3.28. The van der Waals surface area contributed by atoms with E-state index in [0.29, 0.717) is 42.3 Å². The molecule has 2 amide bonds. The van der Waals surface area contributed by atoms with Gasteiger partial charge in [-0.2, -0.15) is 0 Å². The van der Waals surface area contributed by atoms with E-state index in [-0.39, 0.29) is 23.1 Å². The molecule has 1 atom stereocenters. The Balaban J connectivity index is 1.38. The number of phenols is 1. The summed E-state index contributed by atoms with van der Waals surface area (Å²) < 4.78 is 5.59. The Bertz CT molecular complexity index is 1100. The lowest BCUT2D eigenvalue weighted by Gasteiger charge is -2.24. The molecule has 1 saturated heterocycles. The quantitative estimate of drug-likeness (QED) is 0.570. The van der Waals surface area contributed by atoms with Gasteiger partial charge in [-0.3, -0.25) is 9.59 Å². The van der Waals surface area contributed by atoms with E-state index in [1.54, 1.807) is 41.3 Å². The van der Waals surface area contributed by atoms with Gasteiger partial charge < -0.3 is 20.1 Å². The summed E-state index contributed by atoms with van der Waals surface area (Å²) in [6, 6.07) is 17.2. The first-order valence-corrected chi connectivity index (χ1v) is 10.6. The van der Waals surface area contributed by atoms with Crippen LogP contribution in [0, 0.1) is 0 Å². The van der Waals surface area contributed by atoms with Crippen molar-refractivity contribution in [3.8, 4) is 11.5 Å². The molecule has 0 aromatic heterocycles. The molecular weight excluding hydrogens is 416 g/mol. The number of nitrogens with zero attached hydrogens (tertiary/aromatic N) is 1. The van der Waals surface area contributed by atoms with Crippen molar-refractivity contribution < 1.29 is 19.4 Å². The summed E-state index contributed by atoms with van der Waals surface area (Å²) >= 11 is 5.85. The van der Waals surface area contributed by atoms with Gasteiger partial charge in [0.15, 0.2) is 0 Å². The molecule has 0 bridgehead atoms. The number of ether oxygens (including phenoxy) is 1. The number of amides is 2. The number of hydrogen-bond donors (Lipinski definition) is 2. The molecule has 7 heteroatoms. The molecule has 1 aliphatic heterocycles. The van der Waals surface area contributed by atoms with Crippen LogP contribution in [-0.4, -0.2) is 47.6 Å². The van der Waals surface area contributed by atoms with Gasteiger partial charge in [-0.05, 0) is 48.6 Å². The topological polar surface area (TPSA) is 78.9 Å². The van der Waals surface area contributed by atoms with E-state index >= 15 is 0 Å². The molecular formula is C24H23ClN2O4. The van der Waals surface area contributed by atoms with Gasteiger partial charge in [0.1, 0.15) is 24.1 Å². The monoisotopic (exact) mass is 438 g/mol. The van der Waals surface area contributed by atoms with Crippen LogP contribution in [0.25, 0.3) is 10.8 Å². The van der Waals surface area contributed by atoms with Gasteiger partial charge in [0.25, 0.3) is 5.91 Å². The first-order chi connectivity index (χ1) is 15.0. The van der Waals surface area contributed by atoms with Crippen LogP contribution in [-0.2, 0) is 4.79 Å². The predicted molar refractivity (Wildman–Crippen MR) is 120 cm³/mol. The van der Waals surface area contributed by atoms with Crippen LogP contribution in [0.15, 0.2) is 60.7 Å². The minimum atomic E-state index is -0.561. The van der Waals surface area contributed by atoms with Gasteiger partial charge in [0, 0.05) is 17.0 Å². The van der Waals surface area contributed by atoms with Crippen LogP contribution in [0.3, 0.4) is 0 Å². The summed E-state index contributed by atoms with van der Waals surface area (Å²) in [5.41, 5.74) is 0.212. The highest BCUT2D eigenvalue weighted by Crippen LogP contribution is 2.31. The molecule has 0 spiro atoms. The van der Waals surface area contributed by atoms with E-state index in [4.69, 9.17) is 16.3 Å². The van der Waals surface area contributed by atoms with Gasteiger partial charge in [-0.25, -0.2) is 0 Å². The number of nitrogens with one attached hydrogen (secondary N) is 1. The molecule has 2 N–H and O–H groups in total. The Morgan fingerprint density at radius 1 is 1.10 bits per heavy atom. The number of benzene rings is 3. The third-order valence-corrected chi connectivity index (χ3v) is 5.68. The highest BCUT2D eigenvalue weighted by Gasteiger charge is 2.35. The Morgan fingerprint density at radius 3 is 2.68 bits per heavy atom. The summed E-state index contributed by atoms with van der Waals surface area (Å²) in [6.07, 6.45) is 1.32. The van der Waals surface area contributed by atoms with Gasteiger partial charge in [-0.15, -0.1) is 0 Å². The number of halogens is 1. The third-order valence-electron chi connectivity index (χ3n) is 5.43. The number of carbonyl (C=O) groups excluding carboxylic acids is 2. The van der Waals surface area contributed by atoms with Crippen molar-refractivity contribution in [3.05, 3.63) is 71.2 Å². The fraction of sp³-hybridized carbons (Fsp3) is 0.250. The molecule has 1 aliphatic rings. The molecule has 4 rings (SSSR count). The van der Waals surface area contributed by atoms with Crippen molar-refractivity contribution in [1.29, 1.82) is 0 Å². The molecule has 0 aliphatic carbocycles. The Hall–Kier alpha value is -3.25. The smallest absolute Gasteiger partial charge is 0.258 e. The van der Waals surface area contributed by atoms with Crippen LogP contribution < -0.4 is 10.1 Å². The fourth-order valence-electron chi connectivity index (χ4n) is 3.86. The number of phenolic OH excluding ortho intramolecular Hbond substituents is 1. The Kier molecular flexibility index (Phi) is 6.28. The average molecular weight is 439 g/mol. The van der Waals surface area contributed by atoms with E-state index in [1.807, 2.05) is 24.3 Å². The molecule has 31 heavy (non-hydrogen) atoms. The lowest BCUT2D eigenvalue weighted by molar-refractivity contribution is -0.124. The number of rotatable bonds is 6. The Morgan fingerprint density at radius 2 is 1.87 bits per heavy atom. The van der Waals surface area contributed by atoms with Crippen LogP contribution in [0.5, 0.6) is 11.5 Å². The van der Waals surface area contributed by atoms with Crippen molar-refractivity contribution in [3.63, 3.8) is 0 Å². The van der Waals surface area contributed by atoms with Crippen molar-refractivity contribution in [2.45, 2.75) is 18.9 Å². The standard InChI is InChI=1S/C24H23ClN2O4/c25-17-8-10-18(11-9-17)31-15-13-26-23(29)21-6-3-14-27(21)24(30)20-12-7-16-4-1-2-5-19(16)22(20)28/h1-2,4-5,7-12,21,28H,3,6,13-15H2,(H,26,29). The SMILES string of the molecule is O=C(NCCOc1ccc(Cl)cc1)C1CCCN1C(=O)c1ccc2ccccc2c1O. The number of hydrogen-bond acceptors (Lipinski definition) is 4. The highest BCUT2D eigenvalue weighted by atomic mass is 35.5. The highest BCUT2D eigenvalue weighted by molar-refractivity contribution is 6.30. The zero-order chi connectivity index (χ0) is 21.8. The molecule has 1 fully saturated rings. The Labute approximate surface area is 185 Å². The molecule has 3 aromatic rings. The van der Waals surface area contributed by atoms with Crippen LogP contribution in [0.2, 0.25) is 5.02 Å². The largest absolute Gasteiger partial charge is 0.506 e. The first-order valence-electron chi connectivity index (χ1n) is 10.2. The van der Waals surface area contributed by atoms with Gasteiger partial charge in [0.2, 0.25) is 5.91 Å². The summed E-state index contributed by atoms with van der Waals surface area (Å²) in [5.74, 6) is 0.0674. The summed E-state index contributed by atoms with van der Waals surface area (Å²) in [7, 11) is 0. The lowest BCUT2D eigenvalue weighted by Crippen LogP contribution is -2.46. The third kappa shape index (κ3) is 4.59. The van der Waals surface area contributed by atoms with Crippen molar-refractivity contribution in [1.82, 2.24) is 10.2 Å². The molecule has 0 radical (unpaired) electrons. The second-order valence-electron chi connectivity index (χ2n) is 7.43. The number of likely N-dealkylation sites (tertiary alicyclic amines) is 1. The summed E-state index contributed by atoms with van der Waals surface area (Å²) in [5, 5.41) is 15.6. The van der Waals surface area contributed by atoms with Crippen LogP contribution in [0.4, 0.5) is 0 Å². The van der Waals surface area contributed by atoms with Gasteiger partial charge in [0.05, 0.1) is 12.1 Å². The van der Waals surface area contributed by atoms with Crippen molar-refractivity contribution >= 4 is 34.2 Å². The maximum atomic E-state index is 13.1. The zero-order valence-electron chi connectivity index (χ0n) is 16.9. The van der Waals surface area contributed by atoms with E-state index < -0.39 is 6.04 Å². The molecule has 1 unspecified atom stereocenters. The van der Waals surface area contributed by atoms with Crippen LogP contribution >= 0.6 is 11.6 Å². The van der Waals surface area contributed by atoms with Gasteiger partial charge >= 0.3 is 0 Å². The molecule has 160 valence electrons. The molecule has 6 nitrogen and oxygen atoms in total. The second kappa shape index (κ2) is 9.27. The van der Waals surface area contributed by atoms with Crippen molar-refractivity contribution in [2.75, 3.05) is 19.7 Å². The zero-order valence-corrected chi connectivity index (χ0v) is 17.6. The second-order valence-corrected chi connectivity index (χ2v) is 7.87. The summed E-state index contributed by atoms with van der Waals surface area (Å²) in [4.78, 5) is 27.4. The van der Waals surface area contributed by atoms with E-state index in [2.05, 4.69) is 5.32 Å². The summed E-state index contributed by atoms with van der Waals surface area (Å²) in [6.45, 7) is 1.10. The number of carbonyl (C=O) groups is 2. The molecule has 3 aromatic carbocycles. The molecule has 1 heterocycles. The minimum absolute atomic E-state index is 0.0504. The van der Waals surface area contributed by atoms with E-state index in [9.17, 15) is 14.7 Å². The van der Waals surface area contributed by atoms with Gasteiger partial charge in [-0.1, -0.05) is 41.9 Å². The minimum Gasteiger partial charge on any atom is -0.506 e. The number of fused-ring (bicyclic) bond motifs is 1.